The summed E-state index contributed by atoms with van der Waals surface area (Å²) in [5, 5.41) is 3.56. The molecule has 5 nitrogen and oxygen atoms in total. The minimum absolute atomic E-state index is 0.142. The van der Waals surface area contributed by atoms with E-state index in [-0.39, 0.29) is 11.8 Å². The number of piperidine rings is 1. The van der Waals surface area contributed by atoms with E-state index in [1.54, 1.807) is 4.90 Å². The summed E-state index contributed by atoms with van der Waals surface area (Å²) in [4.78, 5) is 27.7. The largest absolute Gasteiger partial charge is 0.341 e. The maximum atomic E-state index is 12.4. The second-order valence-electron chi connectivity index (χ2n) is 6.36. The number of nitrogens with one attached hydrogen (secondary N) is 1. The summed E-state index contributed by atoms with van der Waals surface area (Å²) in [6.07, 6.45) is 6.35. The van der Waals surface area contributed by atoms with Crippen molar-refractivity contribution in [3.63, 3.8) is 0 Å². The summed E-state index contributed by atoms with van der Waals surface area (Å²) < 4.78 is 0. The van der Waals surface area contributed by atoms with Crippen LogP contribution in [0.3, 0.4) is 0 Å². The molecule has 3 aliphatic rings. The van der Waals surface area contributed by atoms with E-state index in [0.717, 1.165) is 39.0 Å². The number of amides is 2. The lowest BCUT2D eigenvalue weighted by Gasteiger charge is -2.36. The summed E-state index contributed by atoms with van der Waals surface area (Å²) >= 11 is 0. The number of carbonyl (C=O) groups excluding carboxylic acids is 2. The third kappa shape index (κ3) is 2.97. The van der Waals surface area contributed by atoms with Crippen LogP contribution in [0, 0.1) is 5.92 Å². The van der Waals surface area contributed by atoms with Crippen LogP contribution in [0.1, 0.15) is 38.5 Å². The van der Waals surface area contributed by atoms with E-state index in [1.807, 2.05) is 4.90 Å². The zero-order valence-electron chi connectivity index (χ0n) is 12.1. The second-order valence-corrected chi connectivity index (χ2v) is 6.36. The van der Waals surface area contributed by atoms with Gasteiger partial charge in [-0.3, -0.25) is 9.59 Å². The first-order chi connectivity index (χ1) is 9.74. The highest BCUT2D eigenvalue weighted by Crippen LogP contribution is 2.25. The Hall–Kier alpha value is -1.10. The van der Waals surface area contributed by atoms with Crippen molar-refractivity contribution in [1.29, 1.82) is 0 Å². The lowest BCUT2D eigenvalue weighted by atomic mass is 9.90. The lowest BCUT2D eigenvalue weighted by molar-refractivity contribution is -0.139. The standard InChI is InChI=1S/C15H25N3O2/c19-14-6-3-9-18(14)11-15(20)17-8-2-4-12(10-17)13-5-1-7-16-13/h12-13,16H,1-11H2. The van der Waals surface area contributed by atoms with Gasteiger partial charge in [-0.1, -0.05) is 0 Å². The van der Waals surface area contributed by atoms with E-state index >= 15 is 0 Å². The number of likely N-dealkylation sites (tertiary alicyclic amines) is 2. The third-order valence-electron chi connectivity index (χ3n) is 4.98. The molecule has 5 heteroatoms. The Morgan fingerprint density at radius 2 is 2.10 bits per heavy atom. The molecule has 0 aromatic heterocycles. The molecule has 2 atom stereocenters. The molecule has 20 heavy (non-hydrogen) atoms. The first-order valence-corrected chi connectivity index (χ1v) is 8.03. The number of nitrogens with zero attached hydrogens (tertiary/aromatic N) is 2. The van der Waals surface area contributed by atoms with Crippen molar-refractivity contribution in [2.75, 3.05) is 32.7 Å². The van der Waals surface area contributed by atoms with Crippen LogP contribution in [0.15, 0.2) is 0 Å². The monoisotopic (exact) mass is 279 g/mol. The fourth-order valence-electron chi connectivity index (χ4n) is 3.81. The summed E-state index contributed by atoms with van der Waals surface area (Å²) in [7, 11) is 0. The smallest absolute Gasteiger partial charge is 0.242 e. The molecule has 3 saturated heterocycles. The van der Waals surface area contributed by atoms with Crippen molar-refractivity contribution >= 4 is 11.8 Å². The van der Waals surface area contributed by atoms with Gasteiger partial charge in [0.2, 0.25) is 11.8 Å². The molecule has 0 aliphatic carbocycles. The van der Waals surface area contributed by atoms with Gasteiger partial charge in [-0.2, -0.15) is 0 Å². The maximum absolute atomic E-state index is 12.4. The fourth-order valence-corrected chi connectivity index (χ4v) is 3.81. The molecule has 0 saturated carbocycles. The molecular formula is C15H25N3O2. The van der Waals surface area contributed by atoms with Crippen LogP contribution in [0.4, 0.5) is 0 Å². The first-order valence-electron chi connectivity index (χ1n) is 8.03. The van der Waals surface area contributed by atoms with Crippen molar-refractivity contribution in [1.82, 2.24) is 15.1 Å². The zero-order valence-corrected chi connectivity index (χ0v) is 12.1. The summed E-state index contributed by atoms with van der Waals surface area (Å²) in [5.41, 5.74) is 0. The highest BCUT2D eigenvalue weighted by atomic mass is 16.2. The van der Waals surface area contributed by atoms with Crippen LogP contribution in [-0.4, -0.2) is 60.4 Å². The number of hydrogen-bond acceptors (Lipinski definition) is 3. The van der Waals surface area contributed by atoms with Crippen LogP contribution >= 0.6 is 0 Å². The first kappa shape index (κ1) is 13.9. The van der Waals surface area contributed by atoms with Crippen molar-refractivity contribution in [3.8, 4) is 0 Å². The normalized spacial score (nSPS) is 31.1. The Bertz CT molecular complexity index is 379. The average Bonchev–Trinajstić information content (AvgIpc) is 3.12. The van der Waals surface area contributed by atoms with Gasteiger partial charge < -0.3 is 15.1 Å². The van der Waals surface area contributed by atoms with Crippen molar-refractivity contribution in [2.45, 2.75) is 44.6 Å². The quantitative estimate of drug-likeness (QED) is 0.823. The highest BCUT2D eigenvalue weighted by molar-refractivity contribution is 5.85. The predicted molar refractivity (Wildman–Crippen MR) is 76.1 cm³/mol. The average molecular weight is 279 g/mol. The maximum Gasteiger partial charge on any atom is 0.242 e. The van der Waals surface area contributed by atoms with Gasteiger partial charge in [0.25, 0.3) is 0 Å². The molecule has 3 fully saturated rings. The van der Waals surface area contributed by atoms with Gasteiger partial charge in [0, 0.05) is 32.1 Å². The molecular weight excluding hydrogens is 254 g/mol. The summed E-state index contributed by atoms with van der Waals surface area (Å²) in [5.74, 6) is 0.886. The van der Waals surface area contributed by atoms with E-state index in [0.29, 0.717) is 24.9 Å². The van der Waals surface area contributed by atoms with Gasteiger partial charge >= 0.3 is 0 Å². The topological polar surface area (TPSA) is 52.7 Å². The van der Waals surface area contributed by atoms with Crippen LogP contribution in [0.25, 0.3) is 0 Å². The Morgan fingerprint density at radius 1 is 1.20 bits per heavy atom. The predicted octanol–water partition coefficient (Wildman–Crippen LogP) is 0.599. The van der Waals surface area contributed by atoms with E-state index in [9.17, 15) is 9.59 Å². The molecule has 3 aliphatic heterocycles. The number of rotatable bonds is 3. The van der Waals surface area contributed by atoms with Crippen molar-refractivity contribution in [3.05, 3.63) is 0 Å². The molecule has 112 valence electrons. The van der Waals surface area contributed by atoms with Gasteiger partial charge in [0.15, 0.2) is 0 Å². The van der Waals surface area contributed by atoms with E-state index < -0.39 is 0 Å². The van der Waals surface area contributed by atoms with Crippen LogP contribution < -0.4 is 5.32 Å². The molecule has 3 rings (SSSR count). The fraction of sp³-hybridized carbons (Fsp3) is 0.867. The van der Waals surface area contributed by atoms with Gasteiger partial charge in [-0.15, -0.1) is 0 Å². The lowest BCUT2D eigenvalue weighted by Crippen LogP contribution is -2.48. The van der Waals surface area contributed by atoms with Crippen LogP contribution in [-0.2, 0) is 9.59 Å². The van der Waals surface area contributed by atoms with Gasteiger partial charge in [-0.25, -0.2) is 0 Å². The molecule has 0 bridgehead atoms. The number of carbonyl (C=O) groups is 2. The molecule has 2 amide bonds. The molecule has 0 aromatic rings. The van der Waals surface area contributed by atoms with Crippen LogP contribution in [0.2, 0.25) is 0 Å². The van der Waals surface area contributed by atoms with Gasteiger partial charge in [-0.05, 0) is 44.6 Å². The zero-order chi connectivity index (χ0) is 13.9. The van der Waals surface area contributed by atoms with Crippen LogP contribution in [0.5, 0.6) is 0 Å². The Morgan fingerprint density at radius 3 is 2.80 bits per heavy atom. The van der Waals surface area contributed by atoms with Gasteiger partial charge in [0.05, 0.1) is 6.54 Å². The molecule has 0 spiro atoms. The molecule has 3 heterocycles. The van der Waals surface area contributed by atoms with Crippen molar-refractivity contribution < 1.29 is 9.59 Å². The highest BCUT2D eigenvalue weighted by Gasteiger charge is 2.32. The van der Waals surface area contributed by atoms with E-state index in [2.05, 4.69) is 5.32 Å². The second kappa shape index (κ2) is 6.12. The molecule has 0 radical (unpaired) electrons. The minimum atomic E-state index is 0.142. The number of hydrogen-bond donors (Lipinski definition) is 1. The third-order valence-corrected chi connectivity index (χ3v) is 4.98. The van der Waals surface area contributed by atoms with Crippen molar-refractivity contribution in [2.24, 2.45) is 5.92 Å². The Kier molecular flexibility index (Phi) is 4.24. The SMILES string of the molecule is O=C1CCCN1CC(=O)N1CCCC(C2CCCN2)C1. The Balaban J connectivity index is 1.53. The summed E-state index contributed by atoms with van der Waals surface area (Å²) in [6, 6.07) is 0.596. The van der Waals surface area contributed by atoms with E-state index in [4.69, 9.17) is 0 Å². The van der Waals surface area contributed by atoms with E-state index in [1.165, 1.54) is 19.3 Å². The van der Waals surface area contributed by atoms with Gasteiger partial charge in [0.1, 0.15) is 0 Å². The molecule has 1 N–H and O–H groups in total. The Labute approximate surface area is 120 Å². The molecule has 2 unspecified atom stereocenters. The minimum Gasteiger partial charge on any atom is -0.341 e. The molecule has 0 aromatic carbocycles. The summed E-state index contributed by atoms with van der Waals surface area (Å²) in [6.45, 7) is 3.91.